The molecule has 2 aliphatic rings. The van der Waals surface area contributed by atoms with Gasteiger partial charge in [0.25, 0.3) is 0 Å². The van der Waals surface area contributed by atoms with Gasteiger partial charge in [-0.25, -0.2) is 4.57 Å². The van der Waals surface area contributed by atoms with E-state index >= 15 is 0 Å². The van der Waals surface area contributed by atoms with Crippen LogP contribution in [0.15, 0.2) is 48.1 Å². The van der Waals surface area contributed by atoms with E-state index in [0.29, 0.717) is 47.8 Å². The number of aliphatic hydroxyl groups excluding tert-OH is 1. The number of quaternary nitrogens is 1. The van der Waals surface area contributed by atoms with Gasteiger partial charge < -0.3 is 18.9 Å². The van der Waals surface area contributed by atoms with Gasteiger partial charge in [-0.1, -0.05) is 42.9 Å². The third-order valence-corrected chi connectivity index (χ3v) is 8.99. The Labute approximate surface area is 251 Å². The lowest BCUT2D eigenvalue weighted by Gasteiger charge is -2.30. The highest BCUT2D eigenvalue weighted by molar-refractivity contribution is 7.46. The summed E-state index contributed by atoms with van der Waals surface area (Å²) in [5, 5.41) is 10.4. The number of carbonyl (C=O) groups is 1. The van der Waals surface area contributed by atoms with E-state index in [1.807, 2.05) is 34.0 Å². The van der Waals surface area contributed by atoms with E-state index in [0.717, 1.165) is 31.6 Å². The number of phosphoric acid groups is 1. The second-order valence-electron chi connectivity index (χ2n) is 12.5. The molecule has 2 fully saturated rings. The number of para-hydroxylation sites is 1. The number of likely N-dealkylation sites (N-methyl/N-ethyl adjacent to an activating group) is 1. The van der Waals surface area contributed by atoms with Crippen molar-refractivity contribution in [2.45, 2.75) is 77.9 Å². The number of nitrogens with zero attached hydrogens (tertiary/aromatic N) is 1. The van der Waals surface area contributed by atoms with E-state index in [1.165, 1.54) is 24.5 Å². The van der Waals surface area contributed by atoms with Crippen molar-refractivity contribution in [2.24, 2.45) is 23.7 Å². The quantitative estimate of drug-likeness (QED) is 0.0583. The van der Waals surface area contributed by atoms with Crippen molar-refractivity contribution in [2.75, 3.05) is 27.2 Å². The predicted molar refractivity (Wildman–Crippen MR) is 164 cm³/mol. The monoisotopic (exact) mass is 602 g/mol. The van der Waals surface area contributed by atoms with E-state index in [2.05, 4.69) is 24.0 Å². The van der Waals surface area contributed by atoms with Crippen LogP contribution in [0, 0.1) is 35.5 Å². The summed E-state index contributed by atoms with van der Waals surface area (Å²) >= 11 is 0. The molecule has 0 amide bonds. The number of carbonyl (C=O) groups excluding carboxylic acids is 1. The Morgan fingerprint density at radius 2 is 1.98 bits per heavy atom. The number of ether oxygens (including phenoxy) is 1. The fraction of sp³-hybridized carbons (Fsp3) is 0.606. The minimum absolute atomic E-state index is 0.141. The van der Waals surface area contributed by atoms with Crippen molar-refractivity contribution >= 4 is 13.8 Å². The SMILES string of the molecule is CC#CCC(C)[C@H](O)/C=C/[C@H]1CC[C@@H]2C/C(=C\CCCC(=O)OCC[N+](C)(C)Cc3ccccc3OP(=O)(O)O)C[C@@H]21. The molecule has 0 radical (unpaired) electrons. The number of hydrogen-bond donors (Lipinski definition) is 3. The van der Waals surface area contributed by atoms with Crippen molar-refractivity contribution in [1.82, 2.24) is 0 Å². The predicted octanol–water partition coefficient (Wildman–Crippen LogP) is 5.78. The Morgan fingerprint density at radius 1 is 1.21 bits per heavy atom. The highest BCUT2D eigenvalue weighted by Gasteiger charge is 2.39. The van der Waals surface area contributed by atoms with Crippen LogP contribution in [0.3, 0.4) is 0 Å². The van der Waals surface area contributed by atoms with Crippen molar-refractivity contribution in [1.29, 1.82) is 0 Å². The fourth-order valence-electron chi connectivity index (χ4n) is 6.14. The molecule has 42 heavy (non-hydrogen) atoms. The van der Waals surface area contributed by atoms with Crippen molar-refractivity contribution in [3.8, 4) is 17.6 Å². The molecule has 9 heteroatoms. The standard InChI is InChI=1S/C33H48NO7P/c1-5-6-11-25(2)31(35)19-18-27-16-17-28-22-26(23-30(27)28)12-7-10-15-33(36)40-21-20-34(3,4)24-29-13-8-9-14-32(29)41-42(37,38)39/h8-9,12-14,18-19,25,27-28,30-31,35H,7,10-11,15-17,20-24H2,1-4H3,(H-,37,38,39)/p+1/b19-18+,26-12+/t25?,27-,28-,30-,31-/m1/s1. The molecule has 232 valence electrons. The number of allylic oxidation sites excluding steroid dienone is 3. The summed E-state index contributed by atoms with van der Waals surface area (Å²) in [4.78, 5) is 30.7. The number of rotatable bonds is 15. The summed E-state index contributed by atoms with van der Waals surface area (Å²) in [5.74, 6) is 7.97. The van der Waals surface area contributed by atoms with Gasteiger partial charge in [-0.05, 0) is 81.3 Å². The van der Waals surface area contributed by atoms with Gasteiger partial charge in [0.15, 0.2) is 0 Å². The molecule has 8 nitrogen and oxygen atoms in total. The summed E-state index contributed by atoms with van der Waals surface area (Å²) in [6.07, 6.45) is 13.6. The van der Waals surface area contributed by atoms with Gasteiger partial charge in [-0.2, -0.15) is 0 Å². The maximum atomic E-state index is 12.3. The Bertz CT molecular complexity index is 1210. The molecule has 3 rings (SSSR count). The van der Waals surface area contributed by atoms with Crippen LogP contribution in [-0.4, -0.2) is 58.7 Å². The van der Waals surface area contributed by atoms with Gasteiger partial charge >= 0.3 is 13.8 Å². The molecule has 0 aromatic heterocycles. The molecule has 0 heterocycles. The van der Waals surface area contributed by atoms with Gasteiger partial charge in [0.2, 0.25) is 0 Å². The molecule has 3 N–H and O–H groups in total. The molecule has 0 aliphatic heterocycles. The summed E-state index contributed by atoms with van der Waals surface area (Å²) in [6.45, 7) is 5.16. The number of fused-ring (bicyclic) bond motifs is 1. The zero-order valence-electron chi connectivity index (χ0n) is 25.6. The number of esters is 1. The lowest BCUT2D eigenvalue weighted by Crippen LogP contribution is -2.41. The molecule has 2 saturated carbocycles. The van der Waals surface area contributed by atoms with Crippen LogP contribution in [0.25, 0.3) is 0 Å². The first-order valence-corrected chi connectivity index (χ1v) is 16.6. The first-order valence-electron chi connectivity index (χ1n) is 15.1. The van der Waals surface area contributed by atoms with Gasteiger partial charge in [-0.15, -0.1) is 11.8 Å². The van der Waals surface area contributed by atoms with E-state index in [1.54, 1.807) is 18.2 Å². The highest BCUT2D eigenvalue weighted by atomic mass is 31.2. The van der Waals surface area contributed by atoms with E-state index in [4.69, 9.17) is 9.26 Å². The average Bonchev–Trinajstić information content (AvgIpc) is 3.49. The van der Waals surface area contributed by atoms with Crippen LogP contribution < -0.4 is 4.52 Å². The minimum Gasteiger partial charge on any atom is -0.460 e. The van der Waals surface area contributed by atoms with Gasteiger partial charge in [0.1, 0.15) is 25.4 Å². The first-order chi connectivity index (χ1) is 19.9. The summed E-state index contributed by atoms with van der Waals surface area (Å²) in [7, 11) is -0.712. The molecule has 0 bridgehead atoms. The third kappa shape index (κ3) is 11.4. The van der Waals surface area contributed by atoms with E-state index in [9.17, 15) is 24.3 Å². The van der Waals surface area contributed by atoms with Crippen LogP contribution in [0.1, 0.15) is 70.8 Å². The Kier molecular flexibility index (Phi) is 12.9. The molecular weight excluding hydrogens is 553 g/mol. The van der Waals surface area contributed by atoms with Crippen molar-refractivity contribution < 1.29 is 38.0 Å². The van der Waals surface area contributed by atoms with Crippen LogP contribution in [0.5, 0.6) is 5.75 Å². The largest absolute Gasteiger partial charge is 0.524 e. The Morgan fingerprint density at radius 3 is 2.71 bits per heavy atom. The smallest absolute Gasteiger partial charge is 0.460 e. The third-order valence-electron chi connectivity index (χ3n) is 8.55. The normalized spacial score (nSPS) is 22.9. The van der Waals surface area contributed by atoms with Crippen LogP contribution in [0.4, 0.5) is 0 Å². The molecular formula is C33H49NO7P+. The average molecular weight is 603 g/mol. The fourth-order valence-corrected chi connectivity index (χ4v) is 6.57. The van der Waals surface area contributed by atoms with Crippen LogP contribution >= 0.6 is 7.82 Å². The topological polar surface area (TPSA) is 113 Å². The lowest BCUT2D eigenvalue weighted by molar-refractivity contribution is -0.903. The molecule has 0 spiro atoms. The van der Waals surface area contributed by atoms with Gasteiger partial charge in [-0.3, -0.25) is 14.6 Å². The Balaban J connectivity index is 1.35. The van der Waals surface area contributed by atoms with Gasteiger partial charge in [0.05, 0.1) is 20.2 Å². The minimum atomic E-state index is -4.65. The maximum absolute atomic E-state index is 12.3. The molecule has 2 aliphatic carbocycles. The lowest BCUT2D eigenvalue weighted by atomic mass is 9.90. The highest BCUT2D eigenvalue weighted by Crippen LogP contribution is 2.50. The molecule has 1 unspecified atom stereocenters. The molecule has 0 saturated heterocycles. The number of hydrogen-bond acceptors (Lipinski definition) is 5. The Hall–Kier alpha value is -2.40. The zero-order valence-corrected chi connectivity index (χ0v) is 26.5. The van der Waals surface area contributed by atoms with E-state index < -0.39 is 13.9 Å². The first kappa shape index (κ1) is 34.1. The second-order valence-corrected chi connectivity index (χ2v) is 13.7. The zero-order chi connectivity index (χ0) is 30.8. The second kappa shape index (κ2) is 15.9. The number of unbranched alkanes of at least 4 members (excludes halogenated alkanes) is 1. The number of benzene rings is 1. The summed E-state index contributed by atoms with van der Waals surface area (Å²) < 4.78 is 22.1. The van der Waals surface area contributed by atoms with E-state index in [-0.39, 0.29) is 24.2 Å². The number of phosphoric ester groups is 1. The van der Waals surface area contributed by atoms with Crippen molar-refractivity contribution in [3.63, 3.8) is 0 Å². The molecule has 1 aromatic carbocycles. The summed E-state index contributed by atoms with van der Waals surface area (Å²) in [5.41, 5.74) is 2.18. The number of aliphatic hydroxyl groups is 1. The van der Waals surface area contributed by atoms with Gasteiger partial charge in [0, 0.05) is 18.4 Å². The molecule has 5 atom stereocenters. The van der Waals surface area contributed by atoms with Crippen LogP contribution in [0.2, 0.25) is 0 Å². The molecule has 1 aromatic rings. The van der Waals surface area contributed by atoms with Crippen molar-refractivity contribution in [3.05, 3.63) is 53.6 Å². The summed E-state index contributed by atoms with van der Waals surface area (Å²) in [6, 6.07) is 6.77. The maximum Gasteiger partial charge on any atom is 0.524 e. The van der Waals surface area contributed by atoms with Crippen LogP contribution in [-0.2, 0) is 20.6 Å².